The highest BCUT2D eigenvalue weighted by Crippen LogP contribution is 2.46. The lowest BCUT2D eigenvalue weighted by Gasteiger charge is -2.19. The van der Waals surface area contributed by atoms with E-state index in [0.717, 1.165) is 24.8 Å². The van der Waals surface area contributed by atoms with E-state index in [9.17, 15) is 9.59 Å². The van der Waals surface area contributed by atoms with Crippen LogP contribution in [-0.2, 0) is 0 Å². The van der Waals surface area contributed by atoms with Gasteiger partial charge in [-0.05, 0) is 48.3 Å². The van der Waals surface area contributed by atoms with Crippen molar-refractivity contribution in [3.05, 3.63) is 70.8 Å². The zero-order chi connectivity index (χ0) is 17.3. The second kappa shape index (κ2) is 6.23. The van der Waals surface area contributed by atoms with E-state index in [-0.39, 0.29) is 17.1 Å². The van der Waals surface area contributed by atoms with E-state index >= 15 is 0 Å². The Kier molecular flexibility index (Phi) is 4.27. The Morgan fingerprint density at radius 2 is 1.75 bits per heavy atom. The fourth-order valence-electron chi connectivity index (χ4n) is 3.72. The van der Waals surface area contributed by atoms with Crippen molar-refractivity contribution in [2.45, 2.75) is 39.0 Å². The number of primary amides is 1. The van der Waals surface area contributed by atoms with Crippen molar-refractivity contribution < 1.29 is 9.59 Å². The molecule has 1 aliphatic carbocycles. The fourth-order valence-corrected chi connectivity index (χ4v) is 3.72. The van der Waals surface area contributed by atoms with Crippen molar-refractivity contribution in [2.75, 3.05) is 0 Å². The van der Waals surface area contributed by atoms with Gasteiger partial charge in [-0.3, -0.25) is 9.59 Å². The number of hydrogen-bond acceptors (Lipinski definition) is 2. The first-order valence-corrected chi connectivity index (χ1v) is 8.41. The molecule has 1 atom stereocenters. The molecule has 3 nitrogen and oxygen atoms in total. The molecule has 2 aromatic carbocycles. The number of benzene rings is 2. The normalized spacial score (nSPS) is 19.2. The monoisotopic (exact) mass is 321 g/mol. The standard InChI is InChI=1S/C21H23NO2/c1-21(2)11-10-16(13-21)18-12-15(8-9-17(18)20(22)24)19(23)14-6-4-3-5-7-14/h3-9,12,16H,10-11,13H2,1-2H3,(H2,22,24). The van der Waals surface area contributed by atoms with Crippen molar-refractivity contribution in [2.24, 2.45) is 11.1 Å². The third-order valence-electron chi connectivity index (χ3n) is 5.02. The predicted octanol–water partition coefficient (Wildman–Crippen LogP) is 4.31. The van der Waals surface area contributed by atoms with E-state index in [1.807, 2.05) is 36.4 Å². The summed E-state index contributed by atoms with van der Waals surface area (Å²) in [5, 5.41) is 0. The van der Waals surface area contributed by atoms with E-state index in [0.29, 0.717) is 16.7 Å². The van der Waals surface area contributed by atoms with Gasteiger partial charge in [0.1, 0.15) is 0 Å². The van der Waals surface area contributed by atoms with E-state index in [2.05, 4.69) is 13.8 Å². The largest absolute Gasteiger partial charge is 0.366 e. The highest BCUT2D eigenvalue weighted by Gasteiger charge is 2.33. The maximum absolute atomic E-state index is 12.7. The van der Waals surface area contributed by atoms with Crippen molar-refractivity contribution in [1.29, 1.82) is 0 Å². The summed E-state index contributed by atoms with van der Waals surface area (Å²) in [5.41, 5.74) is 8.57. The lowest BCUT2D eigenvalue weighted by molar-refractivity contribution is 0.0995. The second-order valence-electron chi connectivity index (χ2n) is 7.47. The van der Waals surface area contributed by atoms with Gasteiger partial charge in [-0.1, -0.05) is 50.2 Å². The quantitative estimate of drug-likeness (QED) is 0.853. The van der Waals surface area contributed by atoms with Crippen LogP contribution >= 0.6 is 0 Å². The zero-order valence-corrected chi connectivity index (χ0v) is 14.2. The molecule has 1 fully saturated rings. The molecule has 0 spiro atoms. The van der Waals surface area contributed by atoms with Gasteiger partial charge < -0.3 is 5.73 Å². The Hall–Kier alpha value is -2.42. The molecule has 0 aromatic heterocycles. The number of nitrogens with two attached hydrogens (primary N) is 1. The number of hydrogen-bond donors (Lipinski definition) is 1. The first-order valence-electron chi connectivity index (χ1n) is 8.41. The molecule has 1 saturated carbocycles. The van der Waals surface area contributed by atoms with E-state index in [1.54, 1.807) is 12.1 Å². The Bertz CT molecular complexity index is 778. The summed E-state index contributed by atoms with van der Waals surface area (Å²) in [5.74, 6) is -0.162. The third kappa shape index (κ3) is 3.25. The van der Waals surface area contributed by atoms with Gasteiger partial charge in [0.2, 0.25) is 5.91 Å². The number of carbonyl (C=O) groups excluding carboxylic acids is 2. The Balaban J connectivity index is 2.00. The van der Waals surface area contributed by atoms with Gasteiger partial charge in [-0.15, -0.1) is 0 Å². The molecule has 1 aliphatic rings. The summed E-state index contributed by atoms with van der Waals surface area (Å²) in [6, 6.07) is 14.5. The number of amides is 1. The average molecular weight is 321 g/mol. The van der Waals surface area contributed by atoms with Gasteiger partial charge in [-0.2, -0.15) is 0 Å². The molecule has 124 valence electrons. The van der Waals surface area contributed by atoms with Crippen LogP contribution in [-0.4, -0.2) is 11.7 Å². The fraction of sp³-hybridized carbons (Fsp3) is 0.333. The summed E-state index contributed by atoms with van der Waals surface area (Å²) in [6.07, 6.45) is 3.15. The van der Waals surface area contributed by atoms with Crippen molar-refractivity contribution in [1.82, 2.24) is 0 Å². The first kappa shape index (κ1) is 16.4. The van der Waals surface area contributed by atoms with Gasteiger partial charge >= 0.3 is 0 Å². The summed E-state index contributed by atoms with van der Waals surface area (Å²) < 4.78 is 0. The summed E-state index contributed by atoms with van der Waals surface area (Å²) >= 11 is 0. The summed E-state index contributed by atoms with van der Waals surface area (Å²) in [7, 11) is 0. The maximum atomic E-state index is 12.7. The van der Waals surface area contributed by atoms with Crippen molar-refractivity contribution >= 4 is 11.7 Å². The van der Waals surface area contributed by atoms with E-state index < -0.39 is 5.91 Å². The molecular formula is C21H23NO2. The molecular weight excluding hydrogens is 298 g/mol. The number of carbonyl (C=O) groups is 2. The minimum absolute atomic E-state index is 0.0230. The lowest BCUT2D eigenvalue weighted by Crippen LogP contribution is -2.16. The zero-order valence-electron chi connectivity index (χ0n) is 14.2. The molecule has 1 unspecified atom stereocenters. The molecule has 0 heterocycles. The Morgan fingerprint density at radius 3 is 2.33 bits per heavy atom. The van der Waals surface area contributed by atoms with Crippen LogP contribution in [0.2, 0.25) is 0 Å². The highest BCUT2D eigenvalue weighted by atomic mass is 16.1. The van der Waals surface area contributed by atoms with Crippen molar-refractivity contribution in [3.8, 4) is 0 Å². The van der Waals surface area contributed by atoms with Crippen LogP contribution in [0, 0.1) is 5.41 Å². The minimum Gasteiger partial charge on any atom is -0.366 e. The predicted molar refractivity (Wildman–Crippen MR) is 95.2 cm³/mol. The second-order valence-corrected chi connectivity index (χ2v) is 7.47. The minimum atomic E-state index is -0.423. The van der Waals surface area contributed by atoms with E-state index in [1.165, 1.54) is 0 Å². The molecule has 2 aromatic rings. The summed E-state index contributed by atoms with van der Waals surface area (Å²) in [4.78, 5) is 24.5. The average Bonchev–Trinajstić information content (AvgIpc) is 2.94. The SMILES string of the molecule is CC1(C)CCC(c2cc(C(=O)c3ccccc3)ccc2C(N)=O)C1. The molecule has 3 rings (SSSR count). The van der Waals surface area contributed by atoms with Gasteiger partial charge in [0, 0.05) is 16.7 Å². The molecule has 0 bridgehead atoms. The first-order chi connectivity index (χ1) is 11.4. The highest BCUT2D eigenvalue weighted by molar-refractivity contribution is 6.09. The van der Waals surface area contributed by atoms with Gasteiger partial charge in [-0.25, -0.2) is 0 Å². The molecule has 24 heavy (non-hydrogen) atoms. The molecule has 3 heteroatoms. The van der Waals surface area contributed by atoms with Crippen LogP contribution in [0.5, 0.6) is 0 Å². The van der Waals surface area contributed by atoms with Gasteiger partial charge in [0.15, 0.2) is 5.78 Å². The van der Waals surface area contributed by atoms with Gasteiger partial charge in [0.25, 0.3) is 0 Å². The van der Waals surface area contributed by atoms with Crippen LogP contribution in [0.1, 0.15) is 70.9 Å². The van der Waals surface area contributed by atoms with Crippen molar-refractivity contribution in [3.63, 3.8) is 0 Å². The topological polar surface area (TPSA) is 60.2 Å². The van der Waals surface area contributed by atoms with Crippen LogP contribution in [0.3, 0.4) is 0 Å². The van der Waals surface area contributed by atoms with Crippen LogP contribution < -0.4 is 5.73 Å². The van der Waals surface area contributed by atoms with Crippen LogP contribution in [0.25, 0.3) is 0 Å². The smallest absolute Gasteiger partial charge is 0.248 e. The maximum Gasteiger partial charge on any atom is 0.248 e. The Labute approximate surface area is 142 Å². The lowest BCUT2D eigenvalue weighted by atomic mass is 9.85. The van der Waals surface area contributed by atoms with E-state index in [4.69, 9.17) is 5.73 Å². The number of ketones is 1. The molecule has 0 radical (unpaired) electrons. The molecule has 0 aliphatic heterocycles. The van der Waals surface area contributed by atoms with Crippen LogP contribution in [0.4, 0.5) is 0 Å². The summed E-state index contributed by atoms with van der Waals surface area (Å²) in [6.45, 7) is 4.49. The number of rotatable bonds is 4. The molecule has 0 saturated heterocycles. The van der Waals surface area contributed by atoms with Gasteiger partial charge in [0.05, 0.1) is 0 Å². The molecule has 2 N–H and O–H groups in total. The molecule has 1 amide bonds. The Morgan fingerprint density at radius 1 is 1.04 bits per heavy atom. The van der Waals surface area contributed by atoms with Crippen LogP contribution in [0.15, 0.2) is 48.5 Å². The third-order valence-corrected chi connectivity index (χ3v) is 5.02.